The minimum absolute atomic E-state index is 0.277. The second-order valence-electron chi connectivity index (χ2n) is 7.37. The van der Waals surface area contributed by atoms with Gasteiger partial charge in [-0.1, -0.05) is 17.3 Å². The van der Waals surface area contributed by atoms with Crippen LogP contribution in [0.3, 0.4) is 0 Å². The topological polar surface area (TPSA) is 68.8 Å². The summed E-state index contributed by atoms with van der Waals surface area (Å²) >= 11 is 0. The molecule has 3 heterocycles. The van der Waals surface area contributed by atoms with Gasteiger partial charge in [0.1, 0.15) is 0 Å². The van der Waals surface area contributed by atoms with Crippen LogP contribution in [0.4, 0.5) is 4.39 Å². The minimum atomic E-state index is -1.26. The van der Waals surface area contributed by atoms with Crippen LogP contribution < -0.4 is 0 Å². The third kappa shape index (κ3) is 2.53. The average molecular weight is 367 g/mol. The summed E-state index contributed by atoms with van der Waals surface area (Å²) in [6, 6.07) is 5.48. The Morgan fingerprint density at radius 1 is 1.26 bits per heavy atom. The van der Waals surface area contributed by atoms with Crippen molar-refractivity contribution < 1.29 is 9.50 Å². The highest BCUT2D eigenvalue weighted by Crippen LogP contribution is 2.35. The molecule has 0 atom stereocenters. The van der Waals surface area contributed by atoms with E-state index in [1.807, 2.05) is 37.6 Å². The van der Waals surface area contributed by atoms with Crippen LogP contribution in [0.1, 0.15) is 32.0 Å². The first-order valence-electron chi connectivity index (χ1n) is 8.94. The third-order valence-electron chi connectivity index (χ3n) is 5.04. The number of rotatable bonds is 3. The molecule has 0 unspecified atom stereocenters. The fourth-order valence-corrected chi connectivity index (χ4v) is 3.79. The van der Waals surface area contributed by atoms with Crippen LogP contribution in [-0.4, -0.2) is 29.7 Å². The molecule has 1 aromatic carbocycles. The Balaban J connectivity index is 2.08. The quantitative estimate of drug-likeness (QED) is 0.600. The molecule has 0 fully saturated rings. The fourth-order valence-electron chi connectivity index (χ4n) is 3.79. The van der Waals surface area contributed by atoms with Gasteiger partial charge in [-0.15, -0.1) is 5.10 Å². The summed E-state index contributed by atoms with van der Waals surface area (Å²) in [5, 5.41) is 19.2. The lowest BCUT2D eigenvalue weighted by Gasteiger charge is -2.19. The first-order chi connectivity index (χ1) is 12.7. The molecule has 0 spiro atoms. The van der Waals surface area contributed by atoms with Gasteiger partial charge in [0.05, 0.1) is 33.5 Å². The van der Waals surface area contributed by atoms with Crippen LogP contribution in [0.5, 0.6) is 0 Å². The zero-order valence-electron chi connectivity index (χ0n) is 16.1. The van der Waals surface area contributed by atoms with Crippen molar-refractivity contribution in [1.29, 1.82) is 0 Å². The predicted molar refractivity (Wildman–Crippen MR) is 103 cm³/mol. The molecule has 0 saturated carbocycles. The van der Waals surface area contributed by atoms with E-state index in [1.165, 1.54) is 0 Å². The molecule has 3 aromatic heterocycles. The first-order valence-corrected chi connectivity index (χ1v) is 8.94. The monoisotopic (exact) mass is 367 g/mol. The van der Waals surface area contributed by atoms with Gasteiger partial charge >= 0.3 is 0 Å². The Morgan fingerprint density at radius 3 is 2.59 bits per heavy atom. The second kappa shape index (κ2) is 5.85. The zero-order chi connectivity index (χ0) is 19.5. The van der Waals surface area contributed by atoms with E-state index < -0.39 is 11.4 Å². The molecule has 0 aliphatic heterocycles. The number of fused-ring (bicyclic) bond motifs is 3. The van der Waals surface area contributed by atoms with Gasteiger partial charge in [-0.3, -0.25) is 4.98 Å². The van der Waals surface area contributed by atoms with Crippen molar-refractivity contribution in [3.63, 3.8) is 0 Å². The van der Waals surface area contributed by atoms with Gasteiger partial charge in [0.25, 0.3) is 0 Å². The number of hydrogen-bond donors (Lipinski definition) is 1. The maximum Gasteiger partial charge on any atom is 0.153 e. The van der Waals surface area contributed by atoms with Gasteiger partial charge < -0.3 is 9.67 Å². The summed E-state index contributed by atoms with van der Waals surface area (Å²) in [5.74, 6) is -0.403. The number of hydrogen-bond acceptors (Lipinski definition) is 4. The molecule has 1 N–H and O–H groups in total. The fraction of sp³-hybridized carbons (Fsp3) is 0.350. The number of pyridine rings is 1. The molecular weight excluding hydrogens is 345 g/mol. The van der Waals surface area contributed by atoms with Crippen LogP contribution >= 0.6 is 0 Å². The average Bonchev–Trinajstić information content (AvgIpc) is 3.11. The molecular formula is C20H22FN5O. The number of aliphatic hydroxyl groups is 1. The van der Waals surface area contributed by atoms with Crippen LogP contribution in [0.15, 0.2) is 24.4 Å². The molecule has 6 nitrogen and oxygen atoms in total. The summed E-state index contributed by atoms with van der Waals surface area (Å²) < 4.78 is 18.9. The van der Waals surface area contributed by atoms with Crippen molar-refractivity contribution in [1.82, 2.24) is 24.5 Å². The van der Waals surface area contributed by atoms with E-state index in [1.54, 1.807) is 30.8 Å². The lowest BCUT2D eigenvalue weighted by molar-refractivity contribution is 0.0748. The Bertz CT molecular complexity index is 1160. The summed E-state index contributed by atoms with van der Waals surface area (Å²) in [4.78, 5) is 4.63. The summed E-state index contributed by atoms with van der Waals surface area (Å²) in [6.07, 6.45) is 1.77. The van der Waals surface area contributed by atoms with Crippen molar-refractivity contribution in [2.75, 3.05) is 0 Å². The van der Waals surface area contributed by atoms with E-state index in [9.17, 15) is 5.11 Å². The third-order valence-corrected chi connectivity index (χ3v) is 5.04. The number of benzene rings is 1. The molecule has 27 heavy (non-hydrogen) atoms. The Labute approximate surface area is 156 Å². The molecule has 140 valence electrons. The van der Waals surface area contributed by atoms with E-state index in [0.29, 0.717) is 12.1 Å². The van der Waals surface area contributed by atoms with Gasteiger partial charge in [-0.05, 0) is 33.8 Å². The van der Waals surface area contributed by atoms with E-state index in [-0.39, 0.29) is 5.56 Å². The van der Waals surface area contributed by atoms with Crippen LogP contribution in [0.2, 0.25) is 0 Å². The highest BCUT2D eigenvalue weighted by atomic mass is 19.1. The maximum absolute atomic E-state index is 15.3. The number of nitrogens with zero attached hydrogens (tertiary/aromatic N) is 5. The normalized spacial score (nSPS) is 12.4. The van der Waals surface area contributed by atoms with Crippen molar-refractivity contribution >= 4 is 21.9 Å². The van der Waals surface area contributed by atoms with Gasteiger partial charge in [-0.2, -0.15) is 0 Å². The van der Waals surface area contributed by atoms with Gasteiger partial charge in [0.15, 0.2) is 5.82 Å². The van der Waals surface area contributed by atoms with Gasteiger partial charge in [-0.25, -0.2) is 9.07 Å². The number of halogens is 1. The lowest BCUT2D eigenvalue weighted by atomic mass is 9.96. The molecule has 0 saturated heterocycles. The summed E-state index contributed by atoms with van der Waals surface area (Å²) in [7, 11) is 1.84. The predicted octanol–water partition coefficient (Wildman–Crippen LogP) is 3.68. The van der Waals surface area contributed by atoms with Crippen molar-refractivity contribution in [2.45, 2.75) is 39.8 Å². The number of aromatic nitrogens is 5. The highest BCUT2D eigenvalue weighted by Gasteiger charge is 2.25. The molecule has 4 aromatic rings. The minimum Gasteiger partial charge on any atom is -0.386 e. The Hall–Kier alpha value is -2.80. The molecule has 0 bridgehead atoms. The van der Waals surface area contributed by atoms with E-state index in [2.05, 4.69) is 15.3 Å². The maximum atomic E-state index is 15.3. The molecule has 7 heteroatoms. The van der Waals surface area contributed by atoms with E-state index in [0.717, 1.165) is 33.4 Å². The number of aryl methyl sites for hydroxylation is 3. The summed E-state index contributed by atoms with van der Waals surface area (Å²) in [6.45, 7) is 7.63. The first kappa shape index (κ1) is 17.6. The summed E-state index contributed by atoms with van der Waals surface area (Å²) in [5.41, 5.74) is 3.65. The van der Waals surface area contributed by atoms with E-state index >= 15 is 4.39 Å². The van der Waals surface area contributed by atoms with Crippen molar-refractivity contribution in [2.24, 2.45) is 7.05 Å². The highest BCUT2D eigenvalue weighted by molar-refractivity contribution is 6.07. The molecule has 0 amide bonds. The van der Waals surface area contributed by atoms with Crippen molar-refractivity contribution in [3.05, 3.63) is 41.5 Å². The molecule has 0 aliphatic rings. The molecule has 4 rings (SSSR count). The van der Waals surface area contributed by atoms with Gasteiger partial charge in [0, 0.05) is 36.3 Å². The Kier molecular flexibility index (Phi) is 3.82. The van der Waals surface area contributed by atoms with E-state index in [4.69, 9.17) is 0 Å². The molecule has 0 aliphatic carbocycles. The van der Waals surface area contributed by atoms with Crippen LogP contribution in [0, 0.1) is 12.7 Å². The smallest absolute Gasteiger partial charge is 0.153 e. The van der Waals surface area contributed by atoms with Gasteiger partial charge in [0.2, 0.25) is 0 Å². The van der Waals surface area contributed by atoms with Crippen LogP contribution in [-0.2, 0) is 19.2 Å². The Morgan fingerprint density at radius 2 is 2.00 bits per heavy atom. The largest absolute Gasteiger partial charge is 0.386 e. The zero-order valence-corrected chi connectivity index (χ0v) is 16.1. The van der Waals surface area contributed by atoms with Crippen molar-refractivity contribution in [3.8, 4) is 11.3 Å². The second-order valence-corrected chi connectivity index (χ2v) is 7.37. The lowest BCUT2D eigenvalue weighted by Crippen LogP contribution is -2.18. The molecule has 0 radical (unpaired) electrons. The standard InChI is InChI=1S/C20H22FN5O/c1-6-26-15-9-12(18-11(2)23-24-25(18)5)10-22-17(15)13-7-8-14(20(3,4)27)16(21)19(13)26/h7-10,27H,6H2,1-5H3. The van der Waals surface area contributed by atoms with Crippen LogP contribution in [0.25, 0.3) is 33.2 Å². The SMILES string of the molecule is CCn1c2cc(-c3c(C)nnn3C)cnc2c2ccc(C(C)(C)O)c(F)c21.